The smallest absolute Gasteiger partial charge is 0.304 e. The Kier molecular flexibility index (Phi) is 3.81. The first-order chi connectivity index (χ1) is 9.40. The van der Waals surface area contributed by atoms with Crippen LogP contribution < -0.4 is 4.72 Å². The number of carboxylic acids is 1. The summed E-state index contributed by atoms with van der Waals surface area (Å²) in [6, 6.07) is 0. The molecule has 0 saturated heterocycles. The minimum absolute atomic E-state index is 0.0506. The molecule has 2 heterocycles. The summed E-state index contributed by atoms with van der Waals surface area (Å²) in [5, 5.41) is 8.56. The van der Waals surface area contributed by atoms with Crippen LogP contribution in [0.5, 0.6) is 0 Å². The van der Waals surface area contributed by atoms with Crippen molar-refractivity contribution in [3.8, 4) is 0 Å². The van der Waals surface area contributed by atoms with Crippen LogP contribution in [0.3, 0.4) is 0 Å². The highest BCUT2D eigenvalue weighted by molar-refractivity contribution is 7.90. The number of H-pyrrole nitrogens is 1. The zero-order valence-electron chi connectivity index (χ0n) is 10.4. The summed E-state index contributed by atoms with van der Waals surface area (Å²) in [7, 11) is -2.62. The van der Waals surface area contributed by atoms with Crippen molar-refractivity contribution in [2.45, 2.75) is 6.42 Å². The van der Waals surface area contributed by atoms with Gasteiger partial charge >= 0.3 is 16.2 Å². The van der Waals surface area contributed by atoms with Crippen LogP contribution in [0.15, 0.2) is 12.7 Å². The highest BCUT2D eigenvalue weighted by atomic mass is 32.2. The molecule has 0 aliphatic heterocycles. The average Bonchev–Trinajstić information content (AvgIpc) is 2.84. The molecule has 10 nitrogen and oxygen atoms in total. The van der Waals surface area contributed by atoms with Gasteiger partial charge in [0.25, 0.3) is 0 Å². The molecule has 0 fully saturated rings. The lowest BCUT2D eigenvalue weighted by atomic mass is 10.4. The second kappa shape index (κ2) is 5.38. The molecule has 2 aromatic heterocycles. The predicted molar refractivity (Wildman–Crippen MR) is 69.1 cm³/mol. The lowest BCUT2D eigenvalue weighted by molar-refractivity contribution is -0.137. The quantitative estimate of drug-likeness (QED) is 0.647. The molecule has 0 saturated carbocycles. The van der Waals surface area contributed by atoms with Crippen LogP contribution in [0, 0.1) is 0 Å². The van der Waals surface area contributed by atoms with E-state index in [1.807, 2.05) is 0 Å². The van der Waals surface area contributed by atoms with E-state index >= 15 is 0 Å². The fraction of sp³-hybridized carbons (Fsp3) is 0.333. The number of hydrogen-bond donors (Lipinski definition) is 3. The number of rotatable bonds is 6. The van der Waals surface area contributed by atoms with Gasteiger partial charge in [-0.15, -0.1) is 0 Å². The summed E-state index contributed by atoms with van der Waals surface area (Å²) in [6.45, 7) is -0.151. The van der Waals surface area contributed by atoms with Gasteiger partial charge in [-0.1, -0.05) is 0 Å². The maximum absolute atomic E-state index is 12.0. The Morgan fingerprint density at radius 1 is 1.45 bits per heavy atom. The van der Waals surface area contributed by atoms with Crippen LogP contribution >= 0.6 is 0 Å². The molecule has 2 aromatic rings. The molecule has 3 N–H and O–H groups in total. The van der Waals surface area contributed by atoms with Crippen molar-refractivity contribution in [2.75, 3.05) is 18.3 Å². The van der Waals surface area contributed by atoms with Gasteiger partial charge in [-0.25, -0.2) is 15.0 Å². The van der Waals surface area contributed by atoms with Gasteiger partial charge in [0, 0.05) is 13.6 Å². The maximum atomic E-state index is 12.0. The van der Waals surface area contributed by atoms with E-state index in [2.05, 4.69) is 24.7 Å². The Hall–Kier alpha value is -2.27. The minimum atomic E-state index is -3.90. The van der Waals surface area contributed by atoms with Gasteiger partial charge in [-0.3, -0.25) is 9.52 Å². The molecule has 2 rings (SSSR count). The minimum Gasteiger partial charge on any atom is -0.481 e. The molecule has 0 aromatic carbocycles. The fourth-order valence-electron chi connectivity index (χ4n) is 1.42. The molecule has 0 amide bonds. The molecule has 0 atom stereocenters. The van der Waals surface area contributed by atoms with Crippen molar-refractivity contribution >= 4 is 33.2 Å². The zero-order valence-corrected chi connectivity index (χ0v) is 11.3. The van der Waals surface area contributed by atoms with E-state index in [-0.39, 0.29) is 18.8 Å². The van der Waals surface area contributed by atoms with E-state index in [1.54, 1.807) is 0 Å². The van der Waals surface area contributed by atoms with Crippen LogP contribution in [-0.4, -0.2) is 57.3 Å². The first kappa shape index (κ1) is 14.1. The van der Waals surface area contributed by atoms with E-state index in [4.69, 9.17) is 5.11 Å². The lowest BCUT2D eigenvalue weighted by Crippen LogP contribution is -2.34. The van der Waals surface area contributed by atoms with Crippen molar-refractivity contribution in [1.82, 2.24) is 24.2 Å². The second-order valence-electron chi connectivity index (χ2n) is 3.90. The van der Waals surface area contributed by atoms with Gasteiger partial charge < -0.3 is 10.1 Å². The summed E-state index contributed by atoms with van der Waals surface area (Å²) >= 11 is 0. The van der Waals surface area contributed by atoms with Gasteiger partial charge in [-0.05, 0) is 0 Å². The Balaban J connectivity index is 2.19. The summed E-state index contributed by atoms with van der Waals surface area (Å²) in [6.07, 6.45) is 2.25. The average molecular weight is 300 g/mol. The standard InChI is InChI=1S/C9H12N6O4S/c1-15(3-2-6(16)17)20(18,19)14-9-7-8(11-4-10-7)12-5-13-9/h4-5H,2-3H2,1H3,(H,16,17)(H2,10,11,12,13,14). The van der Waals surface area contributed by atoms with Crippen molar-refractivity contribution < 1.29 is 18.3 Å². The molecule has 0 aliphatic rings. The maximum Gasteiger partial charge on any atom is 0.304 e. The molecule has 0 unspecified atom stereocenters. The Morgan fingerprint density at radius 2 is 2.20 bits per heavy atom. The molecule has 0 spiro atoms. The largest absolute Gasteiger partial charge is 0.481 e. The number of anilines is 1. The number of nitrogens with zero attached hydrogens (tertiary/aromatic N) is 4. The number of hydrogen-bond acceptors (Lipinski definition) is 6. The Bertz CT molecular complexity index is 727. The Labute approximate surface area is 114 Å². The summed E-state index contributed by atoms with van der Waals surface area (Å²) < 4.78 is 27.2. The van der Waals surface area contributed by atoms with Gasteiger partial charge in [0.2, 0.25) is 0 Å². The molecule has 108 valence electrons. The van der Waals surface area contributed by atoms with Crippen LogP contribution in [0.1, 0.15) is 6.42 Å². The van der Waals surface area contributed by atoms with E-state index < -0.39 is 16.2 Å². The van der Waals surface area contributed by atoms with E-state index in [0.717, 1.165) is 4.31 Å². The van der Waals surface area contributed by atoms with Crippen molar-refractivity contribution in [1.29, 1.82) is 0 Å². The molecular weight excluding hydrogens is 288 g/mol. The zero-order chi connectivity index (χ0) is 14.8. The first-order valence-electron chi connectivity index (χ1n) is 5.50. The molecule has 20 heavy (non-hydrogen) atoms. The van der Waals surface area contributed by atoms with E-state index in [1.165, 1.54) is 19.7 Å². The fourth-order valence-corrected chi connectivity index (χ4v) is 2.30. The lowest BCUT2D eigenvalue weighted by Gasteiger charge is -2.16. The number of aromatic amines is 1. The molecular formula is C9H12N6O4S. The monoisotopic (exact) mass is 300 g/mol. The second-order valence-corrected chi connectivity index (χ2v) is 5.67. The van der Waals surface area contributed by atoms with Gasteiger partial charge in [0.15, 0.2) is 11.5 Å². The number of carboxylic acid groups (broad SMARTS) is 1. The highest BCUT2D eigenvalue weighted by Gasteiger charge is 2.20. The van der Waals surface area contributed by atoms with Crippen molar-refractivity contribution in [3.63, 3.8) is 0 Å². The third-order valence-corrected chi connectivity index (χ3v) is 3.95. The third kappa shape index (κ3) is 3.00. The number of imidazole rings is 1. The highest BCUT2D eigenvalue weighted by Crippen LogP contribution is 2.16. The van der Waals surface area contributed by atoms with Crippen LogP contribution in [0.25, 0.3) is 11.2 Å². The van der Waals surface area contributed by atoms with Gasteiger partial charge in [0.05, 0.1) is 12.7 Å². The molecule has 11 heteroatoms. The Morgan fingerprint density at radius 3 is 2.90 bits per heavy atom. The number of fused-ring (bicyclic) bond motifs is 1. The summed E-state index contributed by atoms with van der Waals surface area (Å²) in [5.41, 5.74) is 0.675. The number of nitrogens with one attached hydrogen (secondary N) is 2. The third-order valence-electron chi connectivity index (χ3n) is 2.50. The van der Waals surface area contributed by atoms with E-state index in [9.17, 15) is 13.2 Å². The van der Waals surface area contributed by atoms with Crippen molar-refractivity contribution in [3.05, 3.63) is 12.7 Å². The first-order valence-corrected chi connectivity index (χ1v) is 6.94. The topological polar surface area (TPSA) is 141 Å². The van der Waals surface area contributed by atoms with Crippen LogP contribution in [0.2, 0.25) is 0 Å². The van der Waals surface area contributed by atoms with E-state index in [0.29, 0.717) is 11.2 Å². The predicted octanol–water partition coefficient (Wildman–Crippen LogP) is -0.584. The molecule has 0 bridgehead atoms. The van der Waals surface area contributed by atoms with Crippen LogP contribution in [-0.2, 0) is 15.0 Å². The summed E-state index contributed by atoms with van der Waals surface area (Å²) in [4.78, 5) is 24.7. The van der Waals surface area contributed by atoms with Gasteiger partial charge in [0.1, 0.15) is 11.8 Å². The normalized spacial score (nSPS) is 11.9. The molecule has 0 aliphatic carbocycles. The van der Waals surface area contributed by atoms with Crippen molar-refractivity contribution in [2.24, 2.45) is 0 Å². The number of aromatic nitrogens is 4. The number of aliphatic carboxylic acids is 1. The van der Waals surface area contributed by atoms with Crippen LogP contribution in [0.4, 0.5) is 5.82 Å². The number of carbonyl (C=O) groups is 1. The summed E-state index contributed by atoms with van der Waals surface area (Å²) in [5.74, 6) is -1.03. The molecule has 0 radical (unpaired) electrons. The SMILES string of the molecule is CN(CCC(=O)O)S(=O)(=O)Nc1ncnc2nc[nH]c12. The van der Waals surface area contributed by atoms with Gasteiger partial charge in [-0.2, -0.15) is 12.7 Å².